The van der Waals surface area contributed by atoms with Crippen LogP contribution >= 0.6 is 0 Å². The van der Waals surface area contributed by atoms with Crippen LogP contribution in [-0.2, 0) is 4.79 Å². The van der Waals surface area contributed by atoms with Gasteiger partial charge in [0.1, 0.15) is 0 Å². The molecule has 0 aromatic carbocycles. The van der Waals surface area contributed by atoms with Crippen LogP contribution in [-0.4, -0.2) is 37.8 Å². The first-order valence-electron chi connectivity index (χ1n) is 3.76. The highest BCUT2D eigenvalue weighted by molar-refractivity contribution is 5.77. The van der Waals surface area contributed by atoms with Gasteiger partial charge in [-0.3, -0.25) is 0 Å². The topological polar surface area (TPSA) is 98.0 Å². The van der Waals surface area contributed by atoms with E-state index in [1.54, 1.807) is 0 Å². The molecule has 0 atom stereocenters. The van der Waals surface area contributed by atoms with Crippen molar-refractivity contribution in [1.82, 2.24) is 0 Å². The van der Waals surface area contributed by atoms with Crippen molar-refractivity contribution in [2.45, 2.75) is 37.1 Å². The van der Waals surface area contributed by atoms with Crippen molar-refractivity contribution in [3.05, 3.63) is 0 Å². The monoisotopic (exact) mass is 176 g/mol. The first-order valence-corrected chi connectivity index (χ1v) is 3.76. The summed E-state index contributed by atoms with van der Waals surface area (Å²) in [6, 6.07) is 0. The molecule has 0 radical (unpaired) electrons. The lowest BCUT2D eigenvalue weighted by molar-refractivity contribution is -0.211. The average molecular weight is 176 g/mol. The van der Waals surface area contributed by atoms with Gasteiger partial charge in [-0.25, -0.2) is 4.79 Å². The molecule has 5 nitrogen and oxygen atoms in total. The minimum Gasteiger partial charge on any atom is -0.479 e. The van der Waals surface area contributed by atoms with Crippen molar-refractivity contribution >= 4 is 5.97 Å². The Morgan fingerprint density at radius 1 is 1.00 bits per heavy atom. The average Bonchev–Trinajstić information content (AvgIpc) is 1.96. The standard InChI is InChI=1S/C7H12O5/c8-5(9)6(10)1-3-7(11,12)4-2-6/h10-12H,1-4H2,(H,8,9). The number of hydrogen-bond acceptors (Lipinski definition) is 4. The van der Waals surface area contributed by atoms with Crippen molar-refractivity contribution < 1.29 is 25.2 Å². The molecule has 12 heavy (non-hydrogen) atoms. The molecule has 4 N–H and O–H groups in total. The normalized spacial score (nSPS) is 26.6. The molecular formula is C7H12O5. The summed E-state index contributed by atoms with van der Waals surface area (Å²) in [7, 11) is 0. The Kier molecular flexibility index (Phi) is 2.11. The lowest BCUT2D eigenvalue weighted by Crippen LogP contribution is -2.47. The van der Waals surface area contributed by atoms with E-state index in [0.717, 1.165) is 0 Å². The van der Waals surface area contributed by atoms with E-state index in [2.05, 4.69) is 0 Å². The highest BCUT2D eigenvalue weighted by atomic mass is 16.5. The zero-order chi connectivity index (χ0) is 9.41. The molecule has 0 aliphatic heterocycles. The van der Waals surface area contributed by atoms with Crippen LogP contribution in [0.2, 0.25) is 0 Å². The van der Waals surface area contributed by atoms with Crippen molar-refractivity contribution in [2.75, 3.05) is 0 Å². The van der Waals surface area contributed by atoms with Crippen LogP contribution in [0.15, 0.2) is 0 Å². The van der Waals surface area contributed by atoms with E-state index in [4.69, 9.17) is 15.3 Å². The largest absolute Gasteiger partial charge is 0.479 e. The third kappa shape index (κ3) is 1.74. The van der Waals surface area contributed by atoms with Crippen LogP contribution < -0.4 is 0 Å². The number of carboxylic acids is 1. The molecule has 1 fully saturated rings. The molecule has 1 aliphatic rings. The molecule has 0 aromatic heterocycles. The SMILES string of the molecule is O=C(O)C1(O)CCC(O)(O)CC1. The summed E-state index contributed by atoms with van der Waals surface area (Å²) in [4.78, 5) is 10.5. The second-order valence-corrected chi connectivity index (χ2v) is 3.32. The van der Waals surface area contributed by atoms with E-state index in [1.807, 2.05) is 0 Å². The van der Waals surface area contributed by atoms with Gasteiger partial charge >= 0.3 is 5.97 Å². The maximum absolute atomic E-state index is 10.5. The van der Waals surface area contributed by atoms with Crippen molar-refractivity contribution in [1.29, 1.82) is 0 Å². The fraction of sp³-hybridized carbons (Fsp3) is 0.857. The minimum atomic E-state index is -1.80. The zero-order valence-corrected chi connectivity index (χ0v) is 6.53. The summed E-state index contributed by atoms with van der Waals surface area (Å²) >= 11 is 0. The predicted octanol–water partition coefficient (Wildman–Crippen LogP) is -0.943. The summed E-state index contributed by atoms with van der Waals surface area (Å²) in [6.45, 7) is 0. The molecule has 70 valence electrons. The third-order valence-electron chi connectivity index (χ3n) is 2.28. The molecule has 0 saturated heterocycles. The van der Waals surface area contributed by atoms with Gasteiger partial charge in [-0.2, -0.15) is 0 Å². The number of aliphatic carboxylic acids is 1. The Hall–Kier alpha value is -0.650. The Labute approximate surface area is 69.3 Å². The molecule has 0 bridgehead atoms. The van der Waals surface area contributed by atoms with Crippen LogP contribution in [0.1, 0.15) is 25.7 Å². The maximum atomic E-state index is 10.5. The van der Waals surface area contributed by atoms with Crippen LogP contribution in [0.3, 0.4) is 0 Å². The summed E-state index contributed by atoms with van der Waals surface area (Å²) < 4.78 is 0. The van der Waals surface area contributed by atoms with E-state index >= 15 is 0 Å². The van der Waals surface area contributed by atoms with Gasteiger partial charge in [-0.05, 0) is 12.8 Å². The first-order chi connectivity index (χ1) is 5.36. The van der Waals surface area contributed by atoms with Gasteiger partial charge in [-0.15, -0.1) is 0 Å². The van der Waals surface area contributed by atoms with Gasteiger partial charge in [0.05, 0.1) is 0 Å². The molecule has 0 amide bonds. The molecular weight excluding hydrogens is 164 g/mol. The molecule has 1 aliphatic carbocycles. The zero-order valence-electron chi connectivity index (χ0n) is 6.53. The molecule has 0 spiro atoms. The summed E-state index contributed by atoms with van der Waals surface area (Å²) in [5.41, 5.74) is -1.77. The Morgan fingerprint density at radius 2 is 1.42 bits per heavy atom. The van der Waals surface area contributed by atoms with E-state index in [-0.39, 0.29) is 25.7 Å². The van der Waals surface area contributed by atoms with Gasteiger partial charge in [0.15, 0.2) is 11.4 Å². The van der Waals surface area contributed by atoms with E-state index in [0.29, 0.717) is 0 Å². The highest BCUT2D eigenvalue weighted by Crippen LogP contribution is 2.33. The first kappa shape index (κ1) is 9.44. The van der Waals surface area contributed by atoms with Crippen LogP contribution in [0.25, 0.3) is 0 Å². The number of hydrogen-bond donors (Lipinski definition) is 4. The number of carbonyl (C=O) groups is 1. The molecule has 0 unspecified atom stereocenters. The van der Waals surface area contributed by atoms with Gasteiger partial charge in [-0.1, -0.05) is 0 Å². The number of carboxylic acid groups (broad SMARTS) is 1. The van der Waals surface area contributed by atoms with Gasteiger partial charge < -0.3 is 20.4 Å². The van der Waals surface area contributed by atoms with Crippen LogP contribution in [0.5, 0.6) is 0 Å². The van der Waals surface area contributed by atoms with E-state index in [1.165, 1.54) is 0 Å². The Morgan fingerprint density at radius 3 is 1.75 bits per heavy atom. The summed E-state index contributed by atoms with van der Waals surface area (Å²) in [6.07, 6.45) is -0.434. The smallest absolute Gasteiger partial charge is 0.335 e. The third-order valence-corrected chi connectivity index (χ3v) is 2.28. The second kappa shape index (κ2) is 2.69. The highest BCUT2D eigenvalue weighted by Gasteiger charge is 2.44. The molecule has 1 rings (SSSR count). The fourth-order valence-electron chi connectivity index (χ4n) is 1.28. The molecule has 0 heterocycles. The number of aliphatic hydroxyl groups is 3. The molecule has 1 saturated carbocycles. The van der Waals surface area contributed by atoms with Crippen molar-refractivity contribution in [2.24, 2.45) is 0 Å². The van der Waals surface area contributed by atoms with Crippen molar-refractivity contribution in [3.63, 3.8) is 0 Å². The molecule has 0 aromatic rings. The number of rotatable bonds is 1. The van der Waals surface area contributed by atoms with E-state index < -0.39 is 17.4 Å². The Bertz CT molecular complexity index is 188. The van der Waals surface area contributed by atoms with Crippen molar-refractivity contribution in [3.8, 4) is 0 Å². The quantitative estimate of drug-likeness (QED) is 0.386. The summed E-state index contributed by atoms with van der Waals surface area (Å²) in [5.74, 6) is -3.10. The minimum absolute atomic E-state index is 0.101. The van der Waals surface area contributed by atoms with Gasteiger partial charge in [0.25, 0.3) is 0 Å². The fourth-order valence-corrected chi connectivity index (χ4v) is 1.28. The lowest BCUT2D eigenvalue weighted by Gasteiger charge is -2.35. The van der Waals surface area contributed by atoms with Gasteiger partial charge in [0.2, 0.25) is 0 Å². The predicted molar refractivity (Wildman–Crippen MR) is 38.2 cm³/mol. The van der Waals surface area contributed by atoms with E-state index in [9.17, 15) is 9.90 Å². The maximum Gasteiger partial charge on any atom is 0.335 e. The second-order valence-electron chi connectivity index (χ2n) is 3.32. The molecule has 5 heteroatoms. The summed E-state index contributed by atoms with van der Waals surface area (Å²) in [5, 5.41) is 36.0. The van der Waals surface area contributed by atoms with Gasteiger partial charge in [0, 0.05) is 12.8 Å². The Balaban J connectivity index is 2.62. The van der Waals surface area contributed by atoms with Crippen LogP contribution in [0.4, 0.5) is 0 Å². The van der Waals surface area contributed by atoms with Crippen LogP contribution in [0, 0.1) is 0 Å². The lowest BCUT2D eigenvalue weighted by atomic mass is 9.82.